The molecule has 128 valence electrons. The molecule has 0 radical (unpaired) electrons. The molecular weight excluding hydrogens is 315 g/mol. The van der Waals surface area contributed by atoms with Crippen molar-refractivity contribution >= 4 is 28.5 Å². The Bertz CT molecular complexity index is 911. The van der Waals surface area contributed by atoms with Gasteiger partial charge in [0, 0.05) is 15.6 Å². The lowest BCUT2D eigenvalue weighted by atomic mass is 10.1. The minimum absolute atomic E-state index is 0. The number of halogens is 1. The van der Waals surface area contributed by atoms with Gasteiger partial charge in [0.25, 0.3) is 5.91 Å². The van der Waals surface area contributed by atoms with Gasteiger partial charge in [0.1, 0.15) is 0 Å². The number of hydrogen-bond donors (Lipinski definition) is 4. The molecule has 10 heteroatoms. The molecule has 0 saturated heterocycles. The molecule has 0 bridgehead atoms. The number of benzene rings is 1. The molecule has 4 rings (SSSR count). The molecule has 24 heavy (non-hydrogen) atoms. The van der Waals surface area contributed by atoms with Gasteiger partial charge in [-0.15, -0.1) is 10.6 Å². The molecule has 4 N–H and O–H groups in total. The van der Waals surface area contributed by atoms with Gasteiger partial charge in [0.15, 0.2) is 5.82 Å². The van der Waals surface area contributed by atoms with Crippen molar-refractivity contribution in [3.8, 4) is 0 Å². The van der Waals surface area contributed by atoms with Crippen LogP contribution in [-0.4, -0.2) is 45.6 Å². The Labute approximate surface area is 139 Å². The Morgan fingerprint density at radius 2 is 2.29 bits per heavy atom. The maximum absolute atomic E-state index is 14.5. The monoisotopic (exact) mass is 334 g/mol. The van der Waals surface area contributed by atoms with E-state index in [-0.39, 0.29) is 14.4 Å². The first-order valence-corrected chi connectivity index (χ1v) is 7.28. The molecule has 1 aromatic heterocycles. The SMILES string of the molecule is CC1=C(C(=O)Nc2ccc3[nH]ncc3c2F)CN2NNN=C2N1C.[HH].[HH]. The van der Waals surface area contributed by atoms with Crippen LogP contribution in [0.25, 0.3) is 10.9 Å². The van der Waals surface area contributed by atoms with Gasteiger partial charge in [0.05, 0.1) is 34.9 Å². The largest absolute Gasteiger partial charge is 0.320 e. The van der Waals surface area contributed by atoms with Gasteiger partial charge in [-0.3, -0.25) is 14.9 Å². The topological polar surface area (TPSA) is 101 Å². The zero-order chi connectivity index (χ0) is 16.8. The fourth-order valence-electron chi connectivity index (χ4n) is 2.75. The molecule has 0 saturated carbocycles. The van der Waals surface area contributed by atoms with E-state index in [4.69, 9.17) is 0 Å². The summed E-state index contributed by atoms with van der Waals surface area (Å²) < 4.78 is 14.5. The summed E-state index contributed by atoms with van der Waals surface area (Å²) in [5.74, 6) is -0.218. The van der Waals surface area contributed by atoms with Gasteiger partial charge in [-0.25, -0.2) is 9.93 Å². The van der Waals surface area contributed by atoms with Crippen LogP contribution in [0.3, 0.4) is 0 Å². The van der Waals surface area contributed by atoms with Crippen LogP contribution in [0.4, 0.5) is 10.1 Å². The van der Waals surface area contributed by atoms with Crippen molar-refractivity contribution in [2.45, 2.75) is 6.92 Å². The van der Waals surface area contributed by atoms with Crippen LogP contribution in [0.15, 0.2) is 34.7 Å². The molecule has 1 amide bonds. The minimum Gasteiger partial charge on any atom is -0.320 e. The molecule has 3 heterocycles. The van der Waals surface area contributed by atoms with E-state index in [1.54, 1.807) is 23.0 Å². The first kappa shape index (κ1) is 14.5. The third-order valence-electron chi connectivity index (χ3n) is 4.22. The second kappa shape index (κ2) is 5.20. The highest BCUT2D eigenvalue weighted by molar-refractivity contribution is 6.07. The Morgan fingerprint density at radius 1 is 1.46 bits per heavy atom. The Balaban J connectivity index is 0.00000121. The van der Waals surface area contributed by atoms with Gasteiger partial charge >= 0.3 is 0 Å². The average Bonchev–Trinajstić information content (AvgIpc) is 3.22. The van der Waals surface area contributed by atoms with E-state index in [1.807, 2.05) is 6.92 Å². The van der Waals surface area contributed by atoms with Crippen LogP contribution in [0.5, 0.6) is 0 Å². The van der Waals surface area contributed by atoms with Gasteiger partial charge in [-0.1, -0.05) is 0 Å². The van der Waals surface area contributed by atoms with Crippen molar-refractivity contribution in [1.29, 1.82) is 0 Å². The van der Waals surface area contributed by atoms with Gasteiger partial charge in [0.2, 0.25) is 5.96 Å². The van der Waals surface area contributed by atoms with E-state index < -0.39 is 5.82 Å². The molecule has 1 aromatic carbocycles. The lowest BCUT2D eigenvalue weighted by molar-refractivity contribution is -0.113. The van der Waals surface area contributed by atoms with E-state index in [1.165, 1.54) is 12.3 Å². The number of guanidine groups is 1. The first-order valence-electron chi connectivity index (χ1n) is 7.28. The first-order chi connectivity index (χ1) is 11.6. The number of carbonyl (C=O) groups excluding carboxylic acids is 1. The molecule has 0 spiro atoms. The number of nitrogens with zero attached hydrogens (tertiary/aromatic N) is 4. The number of nitrogens with one attached hydrogen (secondary N) is 4. The van der Waals surface area contributed by atoms with E-state index in [0.29, 0.717) is 29.0 Å². The highest BCUT2D eigenvalue weighted by Gasteiger charge is 2.32. The number of hydrazine groups is 2. The molecule has 0 unspecified atom stereocenters. The summed E-state index contributed by atoms with van der Waals surface area (Å²) >= 11 is 0. The smallest absolute Gasteiger partial charge is 0.255 e. The number of hydrazone groups is 1. The second-order valence-electron chi connectivity index (χ2n) is 5.56. The fourth-order valence-corrected chi connectivity index (χ4v) is 2.75. The van der Waals surface area contributed by atoms with Crippen molar-refractivity contribution < 1.29 is 12.0 Å². The number of fused-ring (bicyclic) bond motifs is 2. The van der Waals surface area contributed by atoms with Gasteiger partial charge in [-0.2, -0.15) is 5.10 Å². The Kier molecular flexibility index (Phi) is 3.13. The standard InChI is InChI=1S/C14H15FN8O.2H2/c1-7-9(6-23-14(22(7)2)19-20-21-23)13(24)17-11-4-3-10-8(12(11)15)5-16-18-10;;/h3-5,20-21H,6H2,1-2H3,(H,16,18)(H,17,24);2*1H. The predicted octanol–water partition coefficient (Wildman–Crippen LogP) is 0.948. The van der Waals surface area contributed by atoms with Gasteiger partial charge in [-0.05, 0) is 19.1 Å². The van der Waals surface area contributed by atoms with Crippen LogP contribution in [0, 0.1) is 5.82 Å². The molecule has 2 aliphatic heterocycles. The second-order valence-corrected chi connectivity index (χ2v) is 5.56. The van der Waals surface area contributed by atoms with E-state index >= 15 is 0 Å². The fraction of sp³-hybridized carbons (Fsp3) is 0.214. The maximum atomic E-state index is 14.5. The summed E-state index contributed by atoms with van der Waals surface area (Å²) in [5, 5.41) is 15.2. The summed E-state index contributed by atoms with van der Waals surface area (Å²) in [7, 11) is 1.81. The molecule has 0 aliphatic carbocycles. The Hall–Kier alpha value is -3.14. The summed E-state index contributed by atoms with van der Waals surface area (Å²) in [6.45, 7) is 2.13. The molecule has 2 aliphatic rings. The normalized spacial score (nSPS) is 17.0. The zero-order valence-corrected chi connectivity index (χ0v) is 13.0. The lowest BCUT2D eigenvalue weighted by Gasteiger charge is -2.33. The number of aromatic nitrogens is 2. The summed E-state index contributed by atoms with van der Waals surface area (Å²) in [4.78, 5) is 14.4. The summed E-state index contributed by atoms with van der Waals surface area (Å²) in [5.41, 5.74) is 7.42. The van der Waals surface area contributed by atoms with Crippen LogP contribution >= 0.6 is 0 Å². The quantitative estimate of drug-likeness (QED) is 0.652. The number of aromatic amines is 1. The van der Waals surface area contributed by atoms with Crippen molar-refractivity contribution in [2.24, 2.45) is 5.10 Å². The number of carbonyl (C=O) groups is 1. The molecule has 2 aromatic rings. The number of H-pyrrole nitrogens is 1. The predicted molar refractivity (Wildman–Crippen MR) is 89.8 cm³/mol. The molecule has 9 nitrogen and oxygen atoms in total. The maximum Gasteiger partial charge on any atom is 0.255 e. The molecular formula is C14H19FN8O. The van der Waals surface area contributed by atoms with Crippen LogP contribution in [0.2, 0.25) is 0 Å². The lowest BCUT2D eigenvalue weighted by Crippen LogP contribution is -2.52. The van der Waals surface area contributed by atoms with Crippen LogP contribution in [0.1, 0.15) is 9.78 Å². The van der Waals surface area contributed by atoms with Gasteiger partial charge < -0.3 is 10.2 Å². The average molecular weight is 334 g/mol. The van der Waals surface area contributed by atoms with Crippen molar-refractivity contribution in [3.05, 3.63) is 35.4 Å². The summed E-state index contributed by atoms with van der Waals surface area (Å²) in [6.07, 6.45) is 1.39. The van der Waals surface area contributed by atoms with Crippen molar-refractivity contribution in [1.82, 2.24) is 31.2 Å². The highest BCUT2D eigenvalue weighted by Crippen LogP contribution is 2.25. The number of amides is 1. The van der Waals surface area contributed by atoms with E-state index in [9.17, 15) is 9.18 Å². The van der Waals surface area contributed by atoms with E-state index in [0.717, 1.165) is 5.70 Å². The Morgan fingerprint density at radius 3 is 3.12 bits per heavy atom. The third-order valence-corrected chi connectivity index (χ3v) is 4.22. The van der Waals surface area contributed by atoms with Crippen LogP contribution in [-0.2, 0) is 4.79 Å². The third kappa shape index (κ3) is 2.07. The molecule has 0 atom stereocenters. The highest BCUT2D eigenvalue weighted by atomic mass is 19.1. The zero-order valence-electron chi connectivity index (χ0n) is 13.0. The number of anilines is 1. The van der Waals surface area contributed by atoms with Crippen molar-refractivity contribution in [3.63, 3.8) is 0 Å². The van der Waals surface area contributed by atoms with E-state index in [2.05, 4.69) is 31.7 Å². The summed E-state index contributed by atoms with van der Waals surface area (Å²) in [6, 6.07) is 3.19. The van der Waals surface area contributed by atoms with Crippen molar-refractivity contribution in [2.75, 3.05) is 18.9 Å². The van der Waals surface area contributed by atoms with Crippen LogP contribution < -0.4 is 16.4 Å². The minimum atomic E-state index is -0.514. The number of hydrogen-bond acceptors (Lipinski definition) is 7. The molecule has 0 fully saturated rings. The number of allylic oxidation sites excluding steroid dienone is 1. The number of rotatable bonds is 2.